The first-order valence-corrected chi connectivity index (χ1v) is 10.3. The Balaban J connectivity index is 1.86. The average Bonchev–Trinajstić information content (AvgIpc) is 3.28. The van der Waals surface area contributed by atoms with E-state index in [0.717, 1.165) is 48.3 Å². The van der Waals surface area contributed by atoms with E-state index in [4.69, 9.17) is 10.00 Å². The van der Waals surface area contributed by atoms with Gasteiger partial charge in [0.25, 0.3) is 0 Å². The van der Waals surface area contributed by atoms with Crippen LogP contribution in [0.5, 0.6) is 0 Å². The quantitative estimate of drug-likeness (QED) is 0.458. The van der Waals surface area contributed by atoms with Crippen molar-refractivity contribution in [2.45, 2.75) is 39.5 Å². The Morgan fingerprint density at radius 2 is 2.18 bits per heavy atom. The largest absolute Gasteiger partial charge is 0.465 e. The molecule has 146 valence electrons. The molecule has 1 aliphatic carbocycles. The third kappa shape index (κ3) is 4.07. The fourth-order valence-corrected chi connectivity index (χ4v) is 4.67. The van der Waals surface area contributed by atoms with Crippen LogP contribution in [-0.2, 0) is 17.6 Å². The second-order valence-corrected chi connectivity index (χ2v) is 7.77. The number of hydrogen-bond donors (Lipinski definition) is 0. The lowest BCUT2D eigenvalue weighted by atomic mass is 10.1. The van der Waals surface area contributed by atoms with Gasteiger partial charge in [-0.05, 0) is 62.4 Å². The Labute approximate surface area is 169 Å². The van der Waals surface area contributed by atoms with Gasteiger partial charge in [0.05, 0.1) is 25.3 Å². The summed E-state index contributed by atoms with van der Waals surface area (Å²) < 4.78 is 4.96. The topological polar surface area (TPSA) is 78.0 Å². The molecule has 0 fully saturated rings. The van der Waals surface area contributed by atoms with E-state index in [9.17, 15) is 4.79 Å². The van der Waals surface area contributed by atoms with Crippen LogP contribution in [0.25, 0.3) is 0 Å². The molecule has 0 amide bonds. The summed E-state index contributed by atoms with van der Waals surface area (Å²) in [7, 11) is 1.40. The summed E-state index contributed by atoms with van der Waals surface area (Å²) in [4.78, 5) is 15.6. The molecule has 3 rings (SSSR count). The van der Waals surface area contributed by atoms with Gasteiger partial charge in [0.1, 0.15) is 5.56 Å². The van der Waals surface area contributed by atoms with Crippen LogP contribution in [0.4, 0.5) is 16.4 Å². The normalized spacial score (nSPS) is 12.8. The summed E-state index contributed by atoms with van der Waals surface area (Å²) in [6, 6.07) is 8.18. The van der Waals surface area contributed by atoms with Crippen LogP contribution < -0.4 is 4.90 Å². The zero-order valence-corrected chi connectivity index (χ0v) is 17.3. The van der Waals surface area contributed by atoms with Gasteiger partial charge in [0.2, 0.25) is 0 Å². The molecule has 1 aromatic heterocycles. The number of rotatable bonds is 7. The maximum absolute atomic E-state index is 12.2. The monoisotopic (exact) mass is 396 g/mol. The van der Waals surface area contributed by atoms with Crippen LogP contribution in [-0.4, -0.2) is 26.2 Å². The lowest BCUT2D eigenvalue weighted by Gasteiger charge is -2.22. The second-order valence-electron chi connectivity index (χ2n) is 6.69. The molecule has 1 aliphatic rings. The van der Waals surface area contributed by atoms with Crippen molar-refractivity contribution in [3.8, 4) is 6.07 Å². The summed E-state index contributed by atoms with van der Waals surface area (Å²) in [6.45, 7) is 5.61. The van der Waals surface area contributed by atoms with Gasteiger partial charge < -0.3 is 9.64 Å². The second kappa shape index (κ2) is 8.98. The van der Waals surface area contributed by atoms with Gasteiger partial charge in [-0.25, -0.2) is 4.79 Å². The number of hydrogen-bond acceptors (Lipinski definition) is 7. The zero-order chi connectivity index (χ0) is 20.1. The molecule has 1 aromatic carbocycles. The highest BCUT2D eigenvalue weighted by atomic mass is 32.1. The van der Waals surface area contributed by atoms with Crippen LogP contribution in [0.2, 0.25) is 0 Å². The maximum Gasteiger partial charge on any atom is 0.341 e. The SMILES string of the molecule is CCN(CCC#N)c1ccc(N=Nc2sc3c(c2C(=O)OC)CCC3)c(C)c1. The number of anilines is 1. The highest BCUT2D eigenvalue weighted by Gasteiger charge is 2.27. The van der Waals surface area contributed by atoms with Gasteiger partial charge >= 0.3 is 5.97 Å². The number of aryl methyl sites for hydroxylation is 2. The number of ether oxygens (including phenoxy) is 1. The number of methoxy groups -OCH3 is 1. The predicted molar refractivity (Wildman–Crippen MR) is 111 cm³/mol. The Morgan fingerprint density at radius 1 is 1.36 bits per heavy atom. The first-order valence-electron chi connectivity index (χ1n) is 9.46. The summed E-state index contributed by atoms with van der Waals surface area (Å²) in [6.07, 6.45) is 3.45. The molecule has 0 bridgehead atoms. The molecule has 0 atom stereocenters. The number of nitrogens with zero attached hydrogens (tertiary/aromatic N) is 4. The Bertz CT molecular complexity index is 943. The van der Waals surface area contributed by atoms with E-state index in [1.165, 1.54) is 23.3 Å². The van der Waals surface area contributed by atoms with Gasteiger partial charge in [-0.1, -0.05) is 0 Å². The van der Waals surface area contributed by atoms with Crippen LogP contribution in [0, 0.1) is 18.3 Å². The molecule has 6 nitrogen and oxygen atoms in total. The maximum atomic E-state index is 12.2. The molecule has 1 heterocycles. The number of esters is 1. The molecule has 0 aliphatic heterocycles. The van der Waals surface area contributed by atoms with Crippen LogP contribution >= 0.6 is 11.3 Å². The van der Waals surface area contributed by atoms with E-state index in [1.807, 2.05) is 19.1 Å². The molecule has 0 spiro atoms. The van der Waals surface area contributed by atoms with Crippen molar-refractivity contribution >= 4 is 33.7 Å². The van der Waals surface area contributed by atoms with E-state index < -0.39 is 0 Å². The average molecular weight is 397 g/mol. The van der Waals surface area contributed by atoms with Crippen LogP contribution in [0.15, 0.2) is 28.4 Å². The minimum absolute atomic E-state index is 0.337. The minimum atomic E-state index is -0.337. The number of carbonyl (C=O) groups is 1. The first-order chi connectivity index (χ1) is 13.6. The van der Waals surface area contributed by atoms with Gasteiger partial charge in [-0.15, -0.1) is 21.6 Å². The van der Waals surface area contributed by atoms with Crippen molar-refractivity contribution in [3.63, 3.8) is 0 Å². The van der Waals surface area contributed by atoms with Crippen molar-refractivity contribution in [2.75, 3.05) is 25.1 Å². The number of thiophene rings is 1. The number of nitriles is 1. The smallest absolute Gasteiger partial charge is 0.341 e. The summed E-state index contributed by atoms with van der Waals surface area (Å²) in [5.74, 6) is -0.337. The van der Waals surface area contributed by atoms with Gasteiger partial charge in [-0.2, -0.15) is 5.26 Å². The lowest BCUT2D eigenvalue weighted by Crippen LogP contribution is -2.23. The summed E-state index contributed by atoms with van der Waals surface area (Å²) in [5.41, 5.74) is 4.49. The van der Waals surface area contributed by atoms with Crippen LogP contribution in [0.3, 0.4) is 0 Å². The summed E-state index contributed by atoms with van der Waals surface area (Å²) >= 11 is 1.54. The van der Waals surface area contributed by atoms with E-state index >= 15 is 0 Å². The van der Waals surface area contributed by atoms with E-state index in [0.29, 0.717) is 23.5 Å². The fourth-order valence-electron chi connectivity index (χ4n) is 3.48. The molecule has 0 saturated heterocycles. The number of benzene rings is 1. The van der Waals surface area contributed by atoms with E-state index in [2.05, 4.69) is 34.2 Å². The van der Waals surface area contributed by atoms with Gasteiger partial charge in [0.15, 0.2) is 5.00 Å². The molecule has 0 radical (unpaired) electrons. The minimum Gasteiger partial charge on any atom is -0.465 e. The standard InChI is InChI=1S/C21H24N4O2S/c1-4-25(12-6-11-22)15-9-10-17(14(2)13-15)23-24-20-19(21(26)27-3)16-7-5-8-18(16)28-20/h9-10,13H,4-8,12H2,1-3H3. The Hall–Kier alpha value is -2.72. The van der Waals surface area contributed by atoms with Crippen molar-refractivity contribution in [2.24, 2.45) is 10.2 Å². The van der Waals surface area contributed by atoms with Gasteiger partial charge in [-0.3, -0.25) is 0 Å². The third-order valence-electron chi connectivity index (χ3n) is 4.96. The number of carbonyl (C=O) groups excluding carboxylic acids is 1. The highest BCUT2D eigenvalue weighted by molar-refractivity contribution is 7.16. The van der Waals surface area contributed by atoms with Crippen molar-refractivity contribution < 1.29 is 9.53 Å². The molecular formula is C21H24N4O2S. The van der Waals surface area contributed by atoms with Crippen LogP contribution in [0.1, 0.15) is 46.1 Å². The van der Waals surface area contributed by atoms with Gasteiger partial charge in [0, 0.05) is 23.7 Å². The third-order valence-corrected chi connectivity index (χ3v) is 6.14. The molecule has 0 N–H and O–H groups in total. The molecule has 7 heteroatoms. The van der Waals surface area contributed by atoms with Crippen molar-refractivity contribution in [1.82, 2.24) is 0 Å². The molecular weight excluding hydrogens is 372 g/mol. The first kappa shape index (κ1) is 20.0. The highest BCUT2D eigenvalue weighted by Crippen LogP contribution is 2.42. The van der Waals surface area contributed by atoms with E-state index in [1.54, 1.807) is 0 Å². The zero-order valence-electron chi connectivity index (χ0n) is 16.5. The molecule has 0 unspecified atom stereocenters. The molecule has 28 heavy (non-hydrogen) atoms. The summed E-state index contributed by atoms with van der Waals surface area (Å²) in [5, 5.41) is 18.3. The predicted octanol–water partition coefficient (Wildman–Crippen LogP) is 5.49. The number of fused-ring (bicyclic) bond motifs is 1. The fraction of sp³-hybridized carbons (Fsp3) is 0.429. The Kier molecular flexibility index (Phi) is 6.42. The van der Waals surface area contributed by atoms with Crippen molar-refractivity contribution in [3.05, 3.63) is 39.8 Å². The van der Waals surface area contributed by atoms with Crippen molar-refractivity contribution in [1.29, 1.82) is 5.26 Å². The Morgan fingerprint density at radius 3 is 2.86 bits per heavy atom. The number of azo groups is 1. The lowest BCUT2D eigenvalue weighted by molar-refractivity contribution is 0.0601. The molecule has 2 aromatic rings. The molecule has 0 saturated carbocycles. The van der Waals surface area contributed by atoms with E-state index in [-0.39, 0.29) is 5.97 Å².